The maximum absolute atomic E-state index is 5.26. The van der Waals surface area contributed by atoms with E-state index in [1.165, 1.54) is 0 Å². The lowest BCUT2D eigenvalue weighted by Crippen LogP contribution is -2.39. The van der Waals surface area contributed by atoms with Crippen LogP contribution >= 0.6 is 12.2 Å². The molecule has 0 atom stereocenters. The number of thiocarbonyl (C=S) groups is 1. The predicted molar refractivity (Wildman–Crippen MR) is 61.0 cm³/mol. The van der Waals surface area contributed by atoms with Gasteiger partial charge in [-0.1, -0.05) is 42.5 Å². The maximum Gasteiger partial charge on any atom is 0.106 e. The number of benzene rings is 1. The lowest BCUT2D eigenvalue weighted by atomic mass is 10.1. The van der Waals surface area contributed by atoms with E-state index >= 15 is 0 Å². The number of rotatable bonds is 1. The van der Waals surface area contributed by atoms with Gasteiger partial charge in [0.1, 0.15) is 4.99 Å². The Hall–Kier alpha value is -0.890. The minimum Gasteiger partial charge on any atom is -0.371 e. The predicted octanol–water partition coefficient (Wildman–Crippen LogP) is 2.75. The maximum atomic E-state index is 5.26. The smallest absolute Gasteiger partial charge is 0.106 e. The van der Waals surface area contributed by atoms with E-state index in [0.29, 0.717) is 0 Å². The van der Waals surface area contributed by atoms with Crippen molar-refractivity contribution in [3.05, 3.63) is 35.9 Å². The Kier molecular flexibility index (Phi) is 3.04. The van der Waals surface area contributed by atoms with Gasteiger partial charge in [0.15, 0.2) is 0 Å². The van der Waals surface area contributed by atoms with Crippen LogP contribution in [0.25, 0.3) is 0 Å². The standard InChI is InChI=1S/C11H15NS/c1-11(2,3)12-10(13)9-7-5-4-6-8-9/h4-8H,1-3H3,(H,12,13). The van der Waals surface area contributed by atoms with E-state index in [2.05, 4.69) is 26.1 Å². The van der Waals surface area contributed by atoms with Crippen molar-refractivity contribution in [3.8, 4) is 0 Å². The average Bonchev–Trinajstić information content (AvgIpc) is 2.03. The van der Waals surface area contributed by atoms with Crippen LogP contribution in [0.1, 0.15) is 26.3 Å². The summed E-state index contributed by atoms with van der Waals surface area (Å²) < 4.78 is 0. The van der Waals surface area contributed by atoms with Gasteiger partial charge in [-0.15, -0.1) is 0 Å². The van der Waals surface area contributed by atoms with Gasteiger partial charge in [-0.3, -0.25) is 0 Å². The molecule has 1 aromatic rings. The second kappa shape index (κ2) is 3.88. The summed E-state index contributed by atoms with van der Waals surface area (Å²) in [5.74, 6) is 0. The highest BCUT2D eigenvalue weighted by Gasteiger charge is 2.11. The normalized spacial score (nSPS) is 11.0. The molecule has 0 aliphatic rings. The van der Waals surface area contributed by atoms with Crippen LogP contribution in [-0.2, 0) is 0 Å². The van der Waals surface area contributed by atoms with Crippen LogP contribution in [0.15, 0.2) is 30.3 Å². The summed E-state index contributed by atoms with van der Waals surface area (Å²) in [4.78, 5) is 0.813. The fraction of sp³-hybridized carbons (Fsp3) is 0.364. The molecule has 13 heavy (non-hydrogen) atoms. The van der Waals surface area contributed by atoms with Gasteiger partial charge in [-0.2, -0.15) is 0 Å². The highest BCUT2D eigenvalue weighted by molar-refractivity contribution is 7.80. The Bertz CT molecular complexity index is 285. The SMILES string of the molecule is CC(C)(C)NC(=S)c1ccccc1. The van der Waals surface area contributed by atoms with Crippen molar-refractivity contribution in [2.24, 2.45) is 0 Å². The Balaban J connectivity index is 2.71. The molecule has 0 spiro atoms. The number of hydrogen-bond donors (Lipinski definition) is 1. The Morgan fingerprint density at radius 2 is 1.69 bits per heavy atom. The topological polar surface area (TPSA) is 12.0 Å². The zero-order valence-electron chi connectivity index (χ0n) is 8.29. The molecule has 1 aromatic carbocycles. The van der Waals surface area contributed by atoms with Gasteiger partial charge in [0.25, 0.3) is 0 Å². The molecule has 1 N–H and O–H groups in total. The van der Waals surface area contributed by atoms with E-state index in [0.717, 1.165) is 10.6 Å². The van der Waals surface area contributed by atoms with Gasteiger partial charge in [0.2, 0.25) is 0 Å². The van der Waals surface area contributed by atoms with E-state index in [1.54, 1.807) is 0 Å². The van der Waals surface area contributed by atoms with Crippen LogP contribution in [0, 0.1) is 0 Å². The average molecular weight is 193 g/mol. The summed E-state index contributed by atoms with van der Waals surface area (Å²) in [6, 6.07) is 10.0. The summed E-state index contributed by atoms with van der Waals surface area (Å²) in [5, 5.41) is 3.27. The summed E-state index contributed by atoms with van der Waals surface area (Å²) in [7, 11) is 0. The zero-order valence-corrected chi connectivity index (χ0v) is 9.11. The molecule has 0 bridgehead atoms. The van der Waals surface area contributed by atoms with Crippen molar-refractivity contribution in [1.82, 2.24) is 5.32 Å². The Morgan fingerprint density at radius 1 is 1.15 bits per heavy atom. The summed E-state index contributed by atoms with van der Waals surface area (Å²) in [5.41, 5.74) is 1.11. The van der Waals surface area contributed by atoms with E-state index in [4.69, 9.17) is 12.2 Å². The van der Waals surface area contributed by atoms with Crippen molar-refractivity contribution in [2.75, 3.05) is 0 Å². The molecule has 0 heterocycles. The number of hydrogen-bond acceptors (Lipinski definition) is 1. The Morgan fingerprint density at radius 3 is 2.15 bits per heavy atom. The molecule has 70 valence electrons. The second-order valence-corrected chi connectivity index (χ2v) is 4.48. The molecule has 1 rings (SSSR count). The van der Waals surface area contributed by atoms with Crippen molar-refractivity contribution in [2.45, 2.75) is 26.3 Å². The molecule has 1 nitrogen and oxygen atoms in total. The fourth-order valence-corrected chi connectivity index (χ4v) is 1.44. The molecule has 0 aromatic heterocycles. The molecule has 0 aliphatic carbocycles. The summed E-state index contributed by atoms with van der Waals surface area (Å²) >= 11 is 5.26. The van der Waals surface area contributed by atoms with Gasteiger partial charge in [-0.05, 0) is 20.8 Å². The largest absolute Gasteiger partial charge is 0.371 e. The third kappa shape index (κ3) is 3.55. The quantitative estimate of drug-likeness (QED) is 0.688. The van der Waals surface area contributed by atoms with Gasteiger partial charge in [0, 0.05) is 11.1 Å². The summed E-state index contributed by atoms with van der Waals surface area (Å²) in [6.07, 6.45) is 0. The second-order valence-electron chi connectivity index (χ2n) is 4.07. The molecule has 0 unspecified atom stereocenters. The van der Waals surface area contributed by atoms with Crippen molar-refractivity contribution >= 4 is 17.2 Å². The molecule has 0 saturated heterocycles. The van der Waals surface area contributed by atoms with E-state index in [-0.39, 0.29) is 5.54 Å². The van der Waals surface area contributed by atoms with Crippen LogP contribution in [-0.4, -0.2) is 10.5 Å². The first-order valence-electron chi connectivity index (χ1n) is 4.36. The highest BCUT2D eigenvalue weighted by atomic mass is 32.1. The van der Waals surface area contributed by atoms with Crippen LogP contribution < -0.4 is 5.32 Å². The van der Waals surface area contributed by atoms with Crippen molar-refractivity contribution in [3.63, 3.8) is 0 Å². The Labute approximate surface area is 85.2 Å². The van der Waals surface area contributed by atoms with Gasteiger partial charge in [0.05, 0.1) is 0 Å². The molecule has 0 saturated carbocycles. The van der Waals surface area contributed by atoms with Crippen LogP contribution in [0.4, 0.5) is 0 Å². The molecule has 0 fully saturated rings. The summed E-state index contributed by atoms with van der Waals surface area (Å²) in [6.45, 7) is 6.30. The van der Waals surface area contributed by atoms with Gasteiger partial charge in [-0.25, -0.2) is 0 Å². The molecular formula is C11H15NS. The van der Waals surface area contributed by atoms with Crippen molar-refractivity contribution in [1.29, 1.82) is 0 Å². The van der Waals surface area contributed by atoms with Crippen LogP contribution in [0.3, 0.4) is 0 Å². The highest BCUT2D eigenvalue weighted by Crippen LogP contribution is 2.04. The lowest BCUT2D eigenvalue weighted by Gasteiger charge is -2.22. The van der Waals surface area contributed by atoms with Crippen molar-refractivity contribution < 1.29 is 0 Å². The molecule has 0 radical (unpaired) electrons. The van der Waals surface area contributed by atoms with E-state index < -0.39 is 0 Å². The first-order valence-corrected chi connectivity index (χ1v) is 4.77. The first-order chi connectivity index (χ1) is 5.99. The van der Waals surface area contributed by atoms with E-state index in [1.807, 2.05) is 30.3 Å². The molecule has 2 heteroatoms. The lowest BCUT2D eigenvalue weighted by molar-refractivity contribution is 0.515. The first kappa shape index (κ1) is 10.2. The minimum atomic E-state index is 0.0346. The fourth-order valence-electron chi connectivity index (χ4n) is 1.00. The van der Waals surface area contributed by atoms with E-state index in [9.17, 15) is 0 Å². The third-order valence-electron chi connectivity index (χ3n) is 1.52. The monoisotopic (exact) mass is 193 g/mol. The third-order valence-corrected chi connectivity index (χ3v) is 1.86. The molecular weight excluding hydrogens is 178 g/mol. The number of nitrogens with one attached hydrogen (secondary N) is 1. The minimum absolute atomic E-state index is 0.0346. The zero-order chi connectivity index (χ0) is 9.90. The molecule has 0 amide bonds. The van der Waals surface area contributed by atoms with Gasteiger partial charge >= 0.3 is 0 Å². The van der Waals surface area contributed by atoms with Crippen LogP contribution in [0.2, 0.25) is 0 Å². The van der Waals surface area contributed by atoms with Crippen LogP contribution in [0.5, 0.6) is 0 Å². The van der Waals surface area contributed by atoms with Gasteiger partial charge < -0.3 is 5.32 Å². The molecule has 0 aliphatic heterocycles.